The number of hydrogen-bond donors (Lipinski definition) is 3. The van der Waals surface area contributed by atoms with Gasteiger partial charge >= 0.3 is 12.1 Å². The van der Waals surface area contributed by atoms with Crippen molar-refractivity contribution in [3.05, 3.63) is 64.2 Å². The van der Waals surface area contributed by atoms with E-state index < -0.39 is 35.9 Å². The Balaban J connectivity index is 1.24. The summed E-state index contributed by atoms with van der Waals surface area (Å²) >= 11 is 0. The number of fused-ring (bicyclic) bond motifs is 3. The largest absolute Gasteiger partial charge is 0.341 e. The molecule has 11 heteroatoms. The molecule has 2 aromatic carbocycles. The van der Waals surface area contributed by atoms with Crippen LogP contribution in [0.4, 0.5) is 24.1 Å². The molecule has 0 bridgehead atoms. The number of aryl methyl sites for hydroxylation is 2. The van der Waals surface area contributed by atoms with E-state index in [4.69, 9.17) is 0 Å². The van der Waals surface area contributed by atoms with E-state index in [0.717, 1.165) is 28.9 Å². The molecule has 0 aromatic heterocycles. The summed E-state index contributed by atoms with van der Waals surface area (Å²) in [7, 11) is 1.41. The van der Waals surface area contributed by atoms with E-state index in [9.17, 15) is 28.0 Å². The van der Waals surface area contributed by atoms with Crippen molar-refractivity contribution in [3.63, 3.8) is 0 Å². The van der Waals surface area contributed by atoms with E-state index in [1.165, 1.54) is 31.3 Å². The van der Waals surface area contributed by atoms with Crippen LogP contribution in [0.2, 0.25) is 0 Å². The third-order valence-electron chi connectivity index (χ3n) is 8.47. The first kappa shape index (κ1) is 25.3. The Bertz CT molecular complexity index is 1410. The minimum absolute atomic E-state index is 0.0265. The minimum Gasteiger partial charge on any atom is -0.341 e. The van der Waals surface area contributed by atoms with Crippen LogP contribution < -0.4 is 16.0 Å². The van der Waals surface area contributed by atoms with Crippen LogP contribution in [0.5, 0.6) is 0 Å². The molecular formula is C28H29F2N5O4. The molecule has 0 unspecified atom stereocenters. The van der Waals surface area contributed by atoms with Gasteiger partial charge in [-0.25, -0.2) is 18.4 Å². The number of urea groups is 2. The second-order valence-electron chi connectivity index (χ2n) is 10.8. The maximum absolute atomic E-state index is 14.9. The van der Waals surface area contributed by atoms with Crippen LogP contribution >= 0.6 is 0 Å². The molecule has 2 heterocycles. The van der Waals surface area contributed by atoms with Gasteiger partial charge in [0.1, 0.15) is 23.7 Å². The fraction of sp³-hybridized carbons (Fsp3) is 0.429. The molecule has 2 aromatic rings. The molecule has 204 valence electrons. The van der Waals surface area contributed by atoms with Gasteiger partial charge in [-0.2, -0.15) is 0 Å². The highest BCUT2D eigenvalue weighted by Crippen LogP contribution is 2.44. The first-order valence-electron chi connectivity index (χ1n) is 13.2. The summed E-state index contributed by atoms with van der Waals surface area (Å²) in [5.41, 5.74) is 1.22. The predicted molar refractivity (Wildman–Crippen MR) is 137 cm³/mol. The number of nitrogens with zero attached hydrogens (tertiary/aromatic N) is 2. The molecule has 1 spiro atoms. The van der Waals surface area contributed by atoms with Gasteiger partial charge in [0.25, 0.3) is 5.91 Å². The fourth-order valence-corrected chi connectivity index (χ4v) is 6.29. The smallest absolute Gasteiger partial charge is 0.325 e. The molecule has 2 atom stereocenters. The summed E-state index contributed by atoms with van der Waals surface area (Å²) in [5.74, 6) is -1.64. The van der Waals surface area contributed by atoms with Gasteiger partial charge in [0.2, 0.25) is 5.91 Å². The highest BCUT2D eigenvalue weighted by molar-refractivity contribution is 6.10. The second-order valence-corrected chi connectivity index (χ2v) is 10.8. The number of hydrogen-bond acceptors (Lipinski definition) is 4. The molecule has 4 aliphatic rings. The van der Waals surface area contributed by atoms with Crippen LogP contribution in [0.1, 0.15) is 47.9 Å². The van der Waals surface area contributed by atoms with Gasteiger partial charge in [-0.3, -0.25) is 14.5 Å². The van der Waals surface area contributed by atoms with E-state index in [0.29, 0.717) is 42.9 Å². The molecule has 9 nitrogen and oxygen atoms in total. The Kier molecular flexibility index (Phi) is 6.04. The molecule has 39 heavy (non-hydrogen) atoms. The van der Waals surface area contributed by atoms with Crippen LogP contribution in [0.15, 0.2) is 30.3 Å². The number of imide groups is 1. The van der Waals surface area contributed by atoms with Crippen molar-refractivity contribution in [2.24, 2.45) is 5.92 Å². The first-order valence-corrected chi connectivity index (χ1v) is 13.2. The van der Waals surface area contributed by atoms with Crippen LogP contribution in [-0.4, -0.2) is 53.3 Å². The molecular weight excluding hydrogens is 508 g/mol. The van der Waals surface area contributed by atoms with E-state index in [2.05, 4.69) is 16.0 Å². The number of anilines is 1. The van der Waals surface area contributed by atoms with Gasteiger partial charge in [0.15, 0.2) is 0 Å². The minimum atomic E-state index is -1.46. The summed E-state index contributed by atoms with van der Waals surface area (Å²) in [6.07, 6.45) is 3.96. The lowest BCUT2D eigenvalue weighted by Crippen LogP contribution is -2.48. The van der Waals surface area contributed by atoms with Crippen molar-refractivity contribution >= 4 is 29.6 Å². The summed E-state index contributed by atoms with van der Waals surface area (Å²) in [4.78, 5) is 54.8. The second kappa shape index (κ2) is 9.32. The maximum atomic E-state index is 14.9. The van der Waals surface area contributed by atoms with Crippen molar-refractivity contribution in [1.82, 2.24) is 20.4 Å². The van der Waals surface area contributed by atoms with Crippen molar-refractivity contribution in [3.8, 4) is 0 Å². The molecule has 1 saturated carbocycles. The number of carbonyl (C=O) groups is 4. The molecule has 1 saturated heterocycles. The summed E-state index contributed by atoms with van der Waals surface area (Å²) in [5, 5.41) is 7.51. The summed E-state index contributed by atoms with van der Waals surface area (Å²) < 4.78 is 28.8. The Labute approximate surface area is 223 Å². The van der Waals surface area contributed by atoms with Crippen LogP contribution in [0, 0.1) is 17.6 Å². The zero-order chi connectivity index (χ0) is 27.5. The van der Waals surface area contributed by atoms with Crippen molar-refractivity contribution in [1.29, 1.82) is 0 Å². The summed E-state index contributed by atoms with van der Waals surface area (Å²) in [6.45, 7) is -0.139. The third-order valence-corrected chi connectivity index (χ3v) is 8.47. The molecule has 6 amide bonds. The standard InChI is InChI=1S/C28H29F2N5O4/c1-31-26(38)32-22-11-17-8-9-28(20(17)12-21(22)30)25(37)35(27(39)33-28)14-24(36)34-13-18-4-6-19(29)10-16(18)5-7-23(34)15-2-3-15/h4,6,10-12,15,23H,2-3,5,7-9,13-14H2,1H3,(H,33,39)(H2,31,32,38)/t23-,28-/m0/s1. The Hall–Kier alpha value is -4.02. The average molecular weight is 538 g/mol. The molecule has 2 fully saturated rings. The van der Waals surface area contributed by atoms with Crippen molar-refractivity contribution < 1.29 is 28.0 Å². The zero-order valence-electron chi connectivity index (χ0n) is 21.5. The topological polar surface area (TPSA) is 111 Å². The molecule has 2 aliphatic heterocycles. The van der Waals surface area contributed by atoms with Gasteiger partial charge in [-0.05, 0) is 91.0 Å². The number of benzene rings is 2. The van der Waals surface area contributed by atoms with Crippen molar-refractivity contribution in [2.45, 2.75) is 56.7 Å². The zero-order valence-corrected chi connectivity index (χ0v) is 21.5. The molecule has 3 N–H and O–H groups in total. The Morgan fingerprint density at radius 3 is 2.59 bits per heavy atom. The lowest BCUT2D eigenvalue weighted by Gasteiger charge is -2.31. The maximum Gasteiger partial charge on any atom is 0.325 e. The first-order chi connectivity index (χ1) is 18.7. The number of amides is 6. The third kappa shape index (κ3) is 4.29. The molecule has 0 radical (unpaired) electrons. The Morgan fingerprint density at radius 1 is 1.05 bits per heavy atom. The normalized spacial score (nSPS) is 23.8. The van der Waals surface area contributed by atoms with Gasteiger partial charge in [-0.15, -0.1) is 0 Å². The van der Waals surface area contributed by atoms with E-state index in [1.54, 1.807) is 11.0 Å². The van der Waals surface area contributed by atoms with Gasteiger partial charge in [-0.1, -0.05) is 6.07 Å². The quantitative estimate of drug-likeness (QED) is 0.521. The van der Waals surface area contributed by atoms with Gasteiger partial charge in [0.05, 0.1) is 5.69 Å². The van der Waals surface area contributed by atoms with Crippen molar-refractivity contribution in [2.75, 3.05) is 18.9 Å². The van der Waals surface area contributed by atoms with E-state index in [1.807, 2.05) is 0 Å². The fourth-order valence-electron chi connectivity index (χ4n) is 6.29. The van der Waals surface area contributed by atoms with E-state index >= 15 is 0 Å². The SMILES string of the molecule is CNC(=O)Nc1cc2c(cc1F)[C@]1(CC2)NC(=O)N(CC(=O)N2Cc3ccc(F)cc3CC[C@H]2C2CC2)C1=O. The highest BCUT2D eigenvalue weighted by Gasteiger charge is 2.56. The number of carbonyl (C=O) groups excluding carboxylic acids is 4. The number of nitrogens with one attached hydrogen (secondary N) is 3. The lowest BCUT2D eigenvalue weighted by atomic mass is 9.91. The van der Waals surface area contributed by atoms with Crippen LogP contribution in [0.3, 0.4) is 0 Å². The van der Waals surface area contributed by atoms with Gasteiger partial charge in [0, 0.05) is 19.6 Å². The average Bonchev–Trinajstić information content (AvgIpc) is 3.68. The highest BCUT2D eigenvalue weighted by atomic mass is 19.1. The predicted octanol–water partition coefficient (Wildman–Crippen LogP) is 3.16. The summed E-state index contributed by atoms with van der Waals surface area (Å²) in [6, 6.07) is 5.91. The van der Waals surface area contributed by atoms with E-state index in [-0.39, 0.29) is 29.9 Å². The van der Waals surface area contributed by atoms with Crippen LogP contribution in [-0.2, 0) is 34.5 Å². The van der Waals surface area contributed by atoms with Crippen LogP contribution in [0.25, 0.3) is 0 Å². The number of halogens is 2. The number of rotatable bonds is 4. The monoisotopic (exact) mass is 537 g/mol. The molecule has 2 aliphatic carbocycles. The molecule has 6 rings (SSSR count). The van der Waals surface area contributed by atoms with Gasteiger partial charge < -0.3 is 20.9 Å². The lowest BCUT2D eigenvalue weighted by molar-refractivity contribution is -0.141. The Morgan fingerprint density at radius 2 is 1.85 bits per heavy atom.